The van der Waals surface area contributed by atoms with Gasteiger partial charge in [0.2, 0.25) is 5.91 Å². The zero-order chi connectivity index (χ0) is 10.3. The van der Waals surface area contributed by atoms with Crippen molar-refractivity contribution < 1.29 is 9.53 Å². The van der Waals surface area contributed by atoms with E-state index in [0.717, 1.165) is 6.42 Å². The van der Waals surface area contributed by atoms with Crippen molar-refractivity contribution in [2.45, 2.75) is 25.8 Å². The van der Waals surface area contributed by atoms with Crippen LogP contribution in [-0.4, -0.2) is 38.8 Å². The summed E-state index contributed by atoms with van der Waals surface area (Å²) in [4.78, 5) is 11.4. The quantitative estimate of drug-likeness (QED) is 0.583. The first kappa shape index (κ1) is 12.4. The molecule has 0 radical (unpaired) electrons. The molecule has 4 heteroatoms. The van der Waals surface area contributed by atoms with Crippen molar-refractivity contribution in [1.29, 1.82) is 0 Å². The first-order valence-corrected chi connectivity index (χ1v) is 4.50. The van der Waals surface area contributed by atoms with Gasteiger partial charge >= 0.3 is 0 Å². The Bertz CT molecular complexity index is 158. The number of methoxy groups -OCH3 is 1. The van der Waals surface area contributed by atoms with E-state index in [-0.39, 0.29) is 5.91 Å². The summed E-state index contributed by atoms with van der Waals surface area (Å²) in [7, 11) is 3.42. The predicted molar refractivity (Wildman–Crippen MR) is 52.6 cm³/mol. The summed E-state index contributed by atoms with van der Waals surface area (Å²) in [5, 5.41) is 5.77. The van der Waals surface area contributed by atoms with E-state index in [2.05, 4.69) is 10.6 Å². The van der Waals surface area contributed by atoms with Crippen molar-refractivity contribution in [1.82, 2.24) is 10.6 Å². The van der Waals surface area contributed by atoms with Gasteiger partial charge in [-0.25, -0.2) is 0 Å². The van der Waals surface area contributed by atoms with E-state index >= 15 is 0 Å². The Labute approximate surface area is 80.0 Å². The maximum Gasteiger partial charge on any atom is 0.239 e. The molecule has 13 heavy (non-hydrogen) atoms. The smallest absolute Gasteiger partial charge is 0.239 e. The molecule has 4 nitrogen and oxygen atoms in total. The average molecular weight is 188 g/mol. The summed E-state index contributed by atoms with van der Waals surface area (Å²) in [6, 6.07) is 0. The number of amides is 1. The van der Waals surface area contributed by atoms with Crippen LogP contribution in [0.25, 0.3) is 0 Å². The summed E-state index contributed by atoms with van der Waals surface area (Å²) in [6.07, 6.45) is 0.849. The third kappa shape index (κ3) is 4.85. The molecule has 0 bridgehead atoms. The van der Waals surface area contributed by atoms with E-state index in [0.29, 0.717) is 13.2 Å². The molecule has 0 aromatic carbocycles. The highest BCUT2D eigenvalue weighted by molar-refractivity contribution is 5.85. The number of nitrogens with one attached hydrogen (secondary N) is 2. The van der Waals surface area contributed by atoms with E-state index in [1.165, 1.54) is 0 Å². The zero-order valence-corrected chi connectivity index (χ0v) is 8.94. The van der Waals surface area contributed by atoms with Crippen LogP contribution in [0, 0.1) is 0 Å². The van der Waals surface area contributed by atoms with Gasteiger partial charge in [-0.3, -0.25) is 4.79 Å². The van der Waals surface area contributed by atoms with Crippen molar-refractivity contribution in [3.05, 3.63) is 0 Å². The average Bonchev–Trinajstić information content (AvgIpc) is 2.12. The molecule has 2 N–H and O–H groups in total. The summed E-state index contributed by atoms with van der Waals surface area (Å²) in [6.45, 7) is 5.04. The van der Waals surface area contributed by atoms with E-state index in [9.17, 15) is 4.79 Å². The highest BCUT2D eigenvalue weighted by Gasteiger charge is 2.24. The van der Waals surface area contributed by atoms with Crippen LogP contribution in [0.4, 0.5) is 0 Å². The van der Waals surface area contributed by atoms with Gasteiger partial charge in [0.15, 0.2) is 0 Å². The number of carbonyl (C=O) groups excluding carboxylic acids is 1. The van der Waals surface area contributed by atoms with Crippen molar-refractivity contribution in [2.75, 3.05) is 27.3 Å². The second-order valence-corrected chi connectivity index (χ2v) is 3.48. The summed E-state index contributed by atoms with van der Waals surface area (Å²) in [5.74, 6) is 0.0195. The van der Waals surface area contributed by atoms with Gasteiger partial charge in [-0.1, -0.05) is 0 Å². The standard InChI is InChI=1S/C9H20N2O2/c1-9(2,10-3)8(12)11-6-5-7-13-4/h10H,5-7H2,1-4H3,(H,11,12). The second kappa shape index (κ2) is 5.94. The SMILES string of the molecule is CNC(C)(C)C(=O)NCCCOC. The number of carbonyl (C=O) groups is 1. The maximum atomic E-state index is 11.4. The van der Waals surface area contributed by atoms with Crippen LogP contribution in [0.15, 0.2) is 0 Å². The van der Waals surface area contributed by atoms with Crippen molar-refractivity contribution in [3.8, 4) is 0 Å². The molecule has 0 heterocycles. The first-order valence-electron chi connectivity index (χ1n) is 4.50. The van der Waals surface area contributed by atoms with Gasteiger partial charge in [-0.2, -0.15) is 0 Å². The predicted octanol–water partition coefficient (Wildman–Crippen LogP) is 0.137. The topological polar surface area (TPSA) is 50.4 Å². The normalized spacial score (nSPS) is 11.4. The van der Waals surface area contributed by atoms with Crippen molar-refractivity contribution in [3.63, 3.8) is 0 Å². The van der Waals surface area contributed by atoms with Crippen molar-refractivity contribution >= 4 is 5.91 Å². The second-order valence-electron chi connectivity index (χ2n) is 3.48. The largest absolute Gasteiger partial charge is 0.385 e. The van der Waals surface area contributed by atoms with Crippen LogP contribution in [-0.2, 0) is 9.53 Å². The minimum Gasteiger partial charge on any atom is -0.385 e. The number of hydrogen-bond acceptors (Lipinski definition) is 3. The Balaban J connectivity index is 3.62. The number of ether oxygens (including phenoxy) is 1. The van der Waals surface area contributed by atoms with E-state index < -0.39 is 5.54 Å². The molecule has 0 spiro atoms. The highest BCUT2D eigenvalue weighted by atomic mass is 16.5. The third-order valence-corrected chi connectivity index (χ3v) is 2.00. The molecule has 0 unspecified atom stereocenters. The Hall–Kier alpha value is -0.610. The van der Waals surface area contributed by atoms with Crippen LogP contribution in [0.5, 0.6) is 0 Å². The molecule has 0 fully saturated rings. The summed E-state index contributed by atoms with van der Waals surface area (Å²) < 4.78 is 4.87. The lowest BCUT2D eigenvalue weighted by Gasteiger charge is -2.22. The third-order valence-electron chi connectivity index (χ3n) is 2.00. The van der Waals surface area contributed by atoms with Gasteiger partial charge in [0, 0.05) is 20.3 Å². The van der Waals surface area contributed by atoms with Crippen LogP contribution in [0.2, 0.25) is 0 Å². The molecule has 78 valence electrons. The number of hydrogen-bond donors (Lipinski definition) is 2. The monoisotopic (exact) mass is 188 g/mol. The fourth-order valence-corrected chi connectivity index (χ4v) is 0.753. The van der Waals surface area contributed by atoms with Crippen LogP contribution in [0.3, 0.4) is 0 Å². The molecule has 0 saturated carbocycles. The molecule has 0 aliphatic rings. The molecule has 0 atom stereocenters. The Morgan fingerprint density at radius 1 is 1.46 bits per heavy atom. The minimum absolute atomic E-state index is 0.0195. The first-order chi connectivity index (χ1) is 6.04. The van der Waals surface area contributed by atoms with Gasteiger partial charge in [0.05, 0.1) is 5.54 Å². The van der Waals surface area contributed by atoms with Crippen LogP contribution in [0.1, 0.15) is 20.3 Å². The molecular formula is C9H20N2O2. The highest BCUT2D eigenvalue weighted by Crippen LogP contribution is 1.99. The minimum atomic E-state index is -0.493. The molecule has 0 aromatic heterocycles. The molecule has 1 amide bonds. The van der Waals surface area contributed by atoms with Gasteiger partial charge in [0.25, 0.3) is 0 Å². The molecule has 0 aliphatic carbocycles. The molecular weight excluding hydrogens is 168 g/mol. The molecule has 0 rings (SSSR count). The Morgan fingerprint density at radius 2 is 2.08 bits per heavy atom. The summed E-state index contributed by atoms with van der Waals surface area (Å²) in [5.41, 5.74) is -0.493. The Morgan fingerprint density at radius 3 is 2.54 bits per heavy atom. The van der Waals surface area contributed by atoms with E-state index in [1.54, 1.807) is 14.2 Å². The van der Waals surface area contributed by atoms with Crippen LogP contribution < -0.4 is 10.6 Å². The maximum absolute atomic E-state index is 11.4. The van der Waals surface area contributed by atoms with Crippen molar-refractivity contribution in [2.24, 2.45) is 0 Å². The lowest BCUT2D eigenvalue weighted by molar-refractivity contribution is -0.126. The number of likely N-dealkylation sites (N-methyl/N-ethyl adjacent to an activating group) is 1. The molecule has 0 aliphatic heterocycles. The molecule has 0 aromatic rings. The Kier molecular flexibility index (Phi) is 5.66. The lowest BCUT2D eigenvalue weighted by atomic mass is 10.1. The van der Waals surface area contributed by atoms with Gasteiger partial charge in [-0.05, 0) is 27.3 Å². The van der Waals surface area contributed by atoms with Gasteiger partial charge in [0.1, 0.15) is 0 Å². The van der Waals surface area contributed by atoms with Gasteiger partial charge < -0.3 is 15.4 Å². The lowest BCUT2D eigenvalue weighted by Crippen LogP contribution is -2.51. The van der Waals surface area contributed by atoms with E-state index in [4.69, 9.17) is 4.74 Å². The fourth-order valence-electron chi connectivity index (χ4n) is 0.753. The summed E-state index contributed by atoms with van der Waals surface area (Å²) >= 11 is 0. The molecule has 0 saturated heterocycles. The van der Waals surface area contributed by atoms with Gasteiger partial charge in [-0.15, -0.1) is 0 Å². The van der Waals surface area contributed by atoms with Crippen LogP contribution >= 0.6 is 0 Å². The fraction of sp³-hybridized carbons (Fsp3) is 0.889. The van der Waals surface area contributed by atoms with E-state index in [1.807, 2.05) is 13.8 Å². The number of rotatable bonds is 6. The zero-order valence-electron chi connectivity index (χ0n) is 8.94.